The van der Waals surface area contributed by atoms with Crippen LogP contribution in [0.15, 0.2) is 41.6 Å². The molecule has 9 nitrogen and oxygen atoms in total. The molecule has 2 N–H and O–H groups in total. The van der Waals surface area contributed by atoms with E-state index in [2.05, 4.69) is 26.2 Å². The highest BCUT2D eigenvalue weighted by Crippen LogP contribution is 2.22. The average molecular weight is 412 g/mol. The summed E-state index contributed by atoms with van der Waals surface area (Å²) in [5, 5.41) is 17.3. The van der Waals surface area contributed by atoms with E-state index in [-0.39, 0.29) is 36.6 Å². The fourth-order valence-electron chi connectivity index (χ4n) is 3.08. The molecule has 0 amide bonds. The number of carbonyl (C=O) groups is 1. The highest BCUT2D eigenvalue weighted by atomic mass is 32.1. The van der Waals surface area contributed by atoms with Crippen LogP contribution in [0.1, 0.15) is 40.0 Å². The molecule has 0 aliphatic carbocycles. The molecule has 0 saturated heterocycles. The fourth-order valence-corrected chi connectivity index (χ4v) is 3.08. The van der Waals surface area contributed by atoms with Gasteiger partial charge in [0.15, 0.2) is 5.52 Å². The molecule has 0 bridgehead atoms. The van der Waals surface area contributed by atoms with Gasteiger partial charge in [0.1, 0.15) is 5.52 Å². The Balaban J connectivity index is 0.00000240. The second-order valence-corrected chi connectivity index (χ2v) is 6.71. The lowest BCUT2D eigenvalue weighted by Crippen LogP contribution is -2.19. The van der Waals surface area contributed by atoms with Crippen LogP contribution >= 0.6 is 13.5 Å². The predicted molar refractivity (Wildman–Crippen MR) is 112 cm³/mol. The Hall–Kier alpha value is -3.40. The van der Waals surface area contributed by atoms with E-state index in [4.69, 9.17) is 5.11 Å². The third kappa shape index (κ3) is 3.54. The van der Waals surface area contributed by atoms with Gasteiger partial charge in [-0.05, 0) is 37.5 Å². The summed E-state index contributed by atoms with van der Waals surface area (Å²) < 4.78 is 2.86. The minimum Gasteiger partial charge on any atom is -0.478 e. The first-order valence-electron chi connectivity index (χ1n) is 8.68. The summed E-state index contributed by atoms with van der Waals surface area (Å²) in [5.74, 6) is -0.979. The number of nitrogens with zero attached hydrogens (tertiary/aromatic N) is 5. The number of carboxylic acids is 1. The molecule has 150 valence electrons. The van der Waals surface area contributed by atoms with Gasteiger partial charge in [0.05, 0.1) is 24.0 Å². The number of aromatic amines is 1. The summed E-state index contributed by atoms with van der Waals surface area (Å²) in [6.07, 6.45) is 4.00. The van der Waals surface area contributed by atoms with Crippen molar-refractivity contribution in [1.29, 1.82) is 0 Å². The highest BCUT2D eigenvalue weighted by Gasteiger charge is 2.18. The van der Waals surface area contributed by atoms with Crippen LogP contribution in [0.4, 0.5) is 0 Å². The van der Waals surface area contributed by atoms with Gasteiger partial charge < -0.3 is 5.11 Å². The van der Waals surface area contributed by atoms with Gasteiger partial charge >= 0.3 is 5.97 Å². The first-order chi connectivity index (χ1) is 13.3. The number of rotatable bonds is 4. The Morgan fingerprint density at radius 2 is 1.93 bits per heavy atom. The van der Waals surface area contributed by atoms with E-state index in [1.165, 1.54) is 34.4 Å². The van der Waals surface area contributed by atoms with Crippen molar-refractivity contribution in [3.05, 3.63) is 69.4 Å². The van der Waals surface area contributed by atoms with E-state index in [9.17, 15) is 9.59 Å². The molecule has 10 heteroatoms. The van der Waals surface area contributed by atoms with E-state index in [1.807, 2.05) is 32.9 Å². The fraction of sp³-hybridized carbons (Fsp3) is 0.211. The zero-order valence-electron chi connectivity index (χ0n) is 16.0. The number of H-pyrrole nitrogens is 1. The van der Waals surface area contributed by atoms with Crippen molar-refractivity contribution in [3.8, 4) is 5.95 Å². The minimum atomic E-state index is -1.11. The molecule has 4 rings (SSSR count). The maximum atomic E-state index is 12.7. The zero-order valence-corrected chi connectivity index (χ0v) is 17.0. The summed E-state index contributed by atoms with van der Waals surface area (Å²) in [7, 11) is 0. The van der Waals surface area contributed by atoms with Crippen molar-refractivity contribution in [2.45, 2.75) is 26.8 Å². The van der Waals surface area contributed by atoms with E-state index in [1.54, 1.807) is 4.68 Å². The number of benzene rings is 1. The maximum Gasteiger partial charge on any atom is 0.338 e. The van der Waals surface area contributed by atoms with E-state index < -0.39 is 5.97 Å². The standard InChI is InChI=1S/C19H18N6O3.H2S/c1-10-4-5-13(6-11(10)2)12(3)25-16-15(8-21-25)22-19(23-17(16)26)24-9-14(7-20-24)18(27)28;/h4-9,12H,1-3H3,(H,27,28)(H,22,23,26);1H2/t12-;/m0./s1. The lowest BCUT2D eigenvalue weighted by Gasteiger charge is -2.15. The largest absolute Gasteiger partial charge is 0.478 e. The number of hydrogen-bond acceptors (Lipinski definition) is 5. The summed E-state index contributed by atoms with van der Waals surface area (Å²) in [6, 6.07) is 5.99. The molecule has 0 saturated carbocycles. The second-order valence-electron chi connectivity index (χ2n) is 6.71. The molecule has 0 aliphatic heterocycles. The van der Waals surface area contributed by atoms with Crippen molar-refractivity contribution >= 4 is 30.5 Å². The Morgan fingerprint density at radius 3 is 2.59 bits per heavy atom. The van der Waals surface area contributed by atoms with Crippen molar-refractivity contribution < 1.29 is 9.90 Å². The molecular weight excluding hydrogens is 392 g/mol. The normalized spacial score (nSPS) is 12.0. The van der Waals surface area contributed by atoms with Gasteiger partial charge in [0.25, 0.3) is 5.56 Å². The molecule has 1 atom stereocenters. The lowest BCUT2D eigenvalue weighted by atomic mass is 10.0. The molecule has 29 heavy (non-hydrogen) atoms. The molecule has 3 heterocycles. The van der Waals surface area contributed by atoms with Gasteiger partial charge in [-0.2, -0.15) is 23.7 Å². The van der Waals surface area contributed by atoms with Gasteiger partial charge in [-0.1, -0.05) is 18.2 Å². The number of carboxylic acid groups (broad SMARTS) is 1. The maximum absolute atomic E-state index is 12.7. The Kier molecular flexibility index (Phi) is 5.29. The number of aromatic carboxylic acids is 1. The molecule has 3 aromatic heterocycles. The molecule has 0 aliphatic rings. The van der Waals surface area contributed by atoms with Gasteiger partial charge in [0.2, 0.25) is 5.95 Å². The third-order valence-electron chi connectivity index (χ3n) is 4.87. The number of fused-ring (bicyclic) bond motifs is 1. The smallest absolute Gasteiger partial charge is 0.338 e. The van der Waals surface area contributed by atoms with Gasteiger partial charge in [-0.3, -0.25) is 14.5 Å². The molecule has 0 spiro atoms. The summed E-state index contributed by atoms with van der Waals surface area (Å²) in [6.45, 7) is 6.06. The van der Waals surface area contributed by atoms with Gasteiger partial charge in [-0.15, -0.1) is 0 Å². The molecule has 1 aromatic carbocycles. The highest BCUT2D eigenvalue weighted by molar-refractivity contribution is 7.59. The van der Waals surface area contributed by atoms with E-state index in [0.717, 1.165) is 5.56 Å². The average Bonchev–Trinajstić information content (AvgIpc) is 3.30. The molecule has 0 fully saturated rings. The Bertz CT molecular complexity index is 1270. The van der Waals surface area contributed by atoms with Gasteiger partial charge in [-0.25, -0.2) is 14.5 Å². The lowest BCUT2D eigenvalue weighted by molar-refractivity contribution is 0.0697. The van der Waals surface area contributed by atoms with E-state index in [0.29, 0.717) is 11.0 Å². The number of aromatic nitrogens is 6. The Morgan fingerprint density at radius 1 is 1.17 bits per heavy atom. The number of aryl methyl sites for hydroxylation is 2. The number of hydrogen-bond donors (Lipinski definition) is 2. The third-order valence-corrected chi connectivity index (χ3v) is 4.87. The SMILES string of the molecule is Cc1ccc([C@H](C)n2ncc3nc(-n4cc(C(=O)O)cn4)[nH]c(=O)c32)cc1C.S. The Labute approximate surface area is 172 Å². The number of nitrogens with one attached hydrogen (secondary N) is 1. The monoisotopic (exact) mass is 412 g/mol. The first kappa shape index (κ1) is 20.3. The van der Waals surface area contributed by atoms with E-state index >= 15 is 0 Å². The van der Waals surface area contributed by atoms with Crippen LogP contribution in [0.25, 0.3) is 17.0 Å². The van der Waals surface area contributed by atoms with Gasteiger partial charge in [0, 0.05) is 6.20 Å². The topological polar surface area (TPSA) is 119 Å². The summed E-state index contributed by atoms with van der Waals surface area (Å²) in [5.41, 5.74) is 3.78. The van der Waals surface area contributed by atoms with Crippen molar-refractivity contribution in [2.24, 2.45) is 0 Å². The molecule has 4 aromatic rings. The molecule has 0 radical (unpaired) electrons. The molecule has 0 unspecified atom stereocenters. The van der Waals surface area contributed by atoms with Crippen LogP contribution in [0.5, 0.6) is 0 Å². The van der Waals surface area contributed by atoms with Crippen LogP contribution in [0.3, 0.4) is 0 Å². The van der Waals surface area contributed by atoms with Crippen molar-refractivity contribution in [3.63, 3.8) is 0 Å². The quantitative estimate of drug-likeness (QED) is 0.531. The second kappa shape index (κ2) is 7.55. The first-order valence-corrected chi connectivity index (χ1v) is 8.68. The summed E-state index contributed by atoms with van der Waals surface area (Å²) >= 11 is 0. The zero-order chi connectivity index (χ0) is 20.0. The predicted octanol–water partition coefficient (Wildman–Crippen LogP) is 2.34. The van der Waals surface area contributed by atoms with Crippen LogP contribution in [-0.2, 0) is 0 Å². The van der Waals surface area contributed by atoms with Crippen LogP contribution in [-0.4, -0.2) is 40.6 Å². The van der Waals surface area contributed by atoms with Crippen LogP contribution in [0, 0.1) is 13.8 Å². The minimum absolute atomic E-state index is 0. The van der Waals surface area contributed by atoms with Crippen LogP contribution in [0.2, 0.25) is 0 Å². The van der Waals surface area contributed by atoms with Crippen LogP contribution < -0.4 is 5.56 Å². The molecular formula is C19H20N6O3S. The van der Waals surface area contributed by atoms with Crippen molar-refractivity contribution in [2.75, 3.05) is 0 Å². The van der Waals surface area contributed by atoms with Crippen molar-refractivity contribution in [1.82, 2.24) is 29.5 Å². The summed E-state index contributed by atoms with van der Waals surface area (Å²) in [4.78, 5) is 30.8.